The van der Waals surface area contributed by atoms with Crippen molar-refractivity contribution in [3.63, 3.8) is 0 Å². The van der Waals surface area contributed by atoms with Crippen LogP contribution >= 0.6 is 0 Å². The quantitative estimate of drug-likeness (QED) is 0.866. The number of benzene rings is 2. The van der Waals surface area contributed by atoms with Gasteiger partial charge in [-0.25, -0.2) is 0 Å². The zero-order valence-corrected chi connectivity index (χ0v) is 10.1. The second-order valence-corrected chi connectivity index (χ2v) is 3.96. The molecule has 0 unspecified atom stereocenters. The summed E-state index contributed by atoms with van der Waals surface area (Å²) in [5.41, 5.74) is 3.06. The van der Waals surface area contributed by atoms with Gasteiger partial charge in [-0.15, -0.1) is 0 Å². The first kappa shape index (κ1) is 11.5. The van der Waals surface area contributed by atoms with Crippen molar-refractivity contribution < 1.29 is 9.84 Å². The number of hydrogen-bond donors (Lipinski definition) is 1. The molecule has 0 fully saturated rings. The van der Waals surface area contributed by atoms with Gasteiger partial charge in [0.05, 0.1) is 6.61 Å². The van der Waals surface area contributed by atoms with Crippen LogP contribution in [-0.2, 0) is 0 Å². The van der Waals surface area contributed by atoms with Crippen molar-refractivity contribution in [1.82, 2.24) is 0 Å². The van der Waals surface area contributed by atoms with E-state index in [0.29, 0.717) is 12.4 Å². The van der Waals surface area contributed by atoms with Gasteiger partial charge in [-0.05, 0) is 54.8 Å². The lowest BCUT2D eigenvalue weighted by Gasteiger charge is -2.07. The molecule has 17 heavy (non-hydrogen) atoms. The van der Waals surface area contributed by atoms with Crippen molar-refractivity contribution in [2.24, 2.45) is 0 Å². The molecule has 0 saturated carbocycles. The lowest BCUT2D eigenvalue weighted by Crippen LogP contribution is -1.91. The van der Waals surface area contributed by atoms with Crippen LogP contribution in [0.25, 0.3) is 11.1 Å². The highest BCUT2D eigenvalue weighted by atomic mass is 16.5. The van der Waals surface area contributed by atoms with Gasteiger partial charge in [0.1, 0.15) is 11.5 Å². The Morgan fingerprint density at radius 2 is 1.82 bits per heavy atom. The lowest BCUT2D eigenvalue weighted by molar-refractivity contribution is 0.340. The number of phenols is 1. The summed E-state index contributed by atoms with van der Waals surface area (Å²) in [6.07, 6.45) is 0. The first-order valence-electron chi connectivity index (χ1n) is 5.73. The van der Waals surface area contributed by atoms with Crippen molar-refractivity contribution >= 4 is 0 Å². The van der Waals surface area contributed by atoms with Crippen molar-refractivity contribution in [1.29, 1.82) is 0 Å². The molecule has 88 valence electrons. The zero-order chi connectivity index (χ0) is 12.3. The molecule has 0 aliphatic rings. The third-order valence-electron chi connectivity index (χ3n) is 2.68. The standard InChI is InChI=1S/C15H16O2/c1-3-17-14-6-4-5-12(10-14)13-7-8-15(16)11(2)9-13/h4-10,16H,3H2,1-2H3. The topological polar surface area (TPSA) is 29.5 Å². The summed E-state index contributed by atoms with van der Waals surface area (Å²) in [4.78, 5) is 0. The molecule has 0 heterocycles. The van der Waals surface area contributed by atoms with Crippen LogP contribution in [0.5, 0.6) is 11.5 Å². The SMILES string of the molecule is CCOc1cccc(-c2ccc(O)c(C)c2)c1. The van der Waals surface area contributed by atoms with Gasteiger partial charge in [-0.2, -0.15) is 0 Å². The number of ether oxygens (including phenoxy) is 1. The van der Waals surface area contributed by atoms with Crippen molar-refractivity contribution in [3.8, 4) is 22.6 Å². The predicted octanol–water partition coefficient (Wildman–Crippen LogP) is 3.77. The van der Waals surface area contributed by atoms with Gasteiger partial charge in [0.25, 0.3) is 0 Å². The van der Waals surface area contributed by atoms with E-state index in [2.05, 4.69) is 0 Å². The smallest absolute Gasteiger partial charge is 0.119 e. The number of rotatable bonds is 3. The largest absolute Gasteiger partial charge is 0.508 e. The molecule has 0 radical (unpaired) electrons. The van der Waals surface area contributed by atoms with E-state index in [1.165, 1.54) is 0 Å². The minimum absolute atomic E-state index is 0.328. The van der Waals surface area contributed by atoms with Gasteiger partial charge in [0, 0.05) is 0 Å². The monoisotopic (exact) mass is 228 g/mol. The molecule has 0 bridgehead atoms. The van der Waals surface area contributed by atoms with Crippen LogP contribution in [0.3, 0.4) is 0 Å². The Morgan fingerprint density at radius 3 is 2.53 bits per heavy atom. The third kappa shape index (κ3) is 2.59. The maximum absolute atomic E-state index is 9.50. The van der Waals surface area contributed by atoms with Crippen LogP contribution in [0.1, 0.15) is 12.5 Å². The van der Waals surface area contributed by atoms with E-state index in [1.54, 1.807) is 6.07 Å². The normalized spacial score (nSPS) is 10.2. The molecule has 2 rings (SSSR count). The van der Waals surface area contributed by atoms with E-state index in [1.807, 2.05) is 50.2 Å². The van der Waals surface area contributed by atoms with Crippen LogP contribution in [0.2, 0.25) is 0 Å². The molecule has 0 atom stereocenters. The molecule has 0 aromatic heterocycles. The van der Waals surface area contributed by atoms with E-state index < -0.39 is 0 Å². The first-order valence-corrected chi connectivity index (χ1v) is 5.73. The summed E-state index contributed by atoms with van der Waals surface area (Å²) in [6.45, 7) is 4.53. The zero-order valence-electron chi connectivity index (χ0n) is 10.1. The Labute approximate surface area is 101 Å². The van der Waals surface area contributed by atoms with Crippen molar-refractivity contribution in [3.05, 3.63) is 48.0 Å². The molecular weight excluding hydrogens is 212 g/mol. The summed E-state index contributed by atoms with van der Waals surface area (Å²) in [5.74, 6) is 1.20. The van der Waals surface area contributed by atoms with Crippen LogP contribution in [0, 0.1) is 6.92 Å². The predicted molar refractivity (Wildman–Crippen MR) is 69.4 cm³/mol. The van der Waals surface area contributed by atoms with Gasteiger partial charge in [0.15, 0.2) is 0 Å². The van der Waals surface area contributed by atoms with Crippen molar-refractivity contribution in [2.75, 3.05) is 6.61 Å². The number of hydrogen-bond acceptors (Lipinski definition) is 2. The van der Waals surface area contributed by atoms with E-state index >= 15 is 0 Å². The fraction of sp³-hybridized carbons (Fsp3) is 0.200. The van der Waals surface area contributed by atoms with Gasteiger partial charge in [0.2, 0.25) is 0 Å². The summed E-state index contributed by atoms with van der Waals surface area (Å²) >= 11 is 0. The fourth-order valence-electron chi connectivity index (χ4n) is 1.77. The van der Waals surface area contributed by atoms with Crippen LogP contribution in [-0.4, -0.2) is 11.7 Å². The minimum Gasteiger partial charge on any atom is -0.508 e. The Morgan fingerprint density at radius 1 is 1.06 bits per heavy atom. The molecule has 2 heteroatoms. The Kier molecular flexibility index (Phi) is 3.33. The highest BCUT2D eigenvalue weighted by Crippen LogP contribution is 2.27. The highest BCUT2D eigenvalue weighted by molar-refractivity contribution is 5.66. The second-order valence-electron chi connectivity index (χ2n) is 3.96. The summed E-state index contributed by atoms with van der Waals surface area (Å²) in [7, 11) is 0. The Balaban J connectivity index is 2.38. The molecule has 1 N–H and O–H groups in total. The third-order valence-corrected chi connectivity index (χ3v) is 2.68. The fourth-order valence-corrected chi connectivity index (χ4v) is 1.77. The second kappa shape index (κ2) is 4.91. The van der Waals surface area contributed by atoms with Gasteiger partial charge in [-0.3, -0.25) is 0 Å². The van der Waals surface area contributed by atoms with E-state index in [4.69, 9.17) is 4.74 Å². The van der Waals surface area contributed by atoms with Gasteiger partial charge in [-0.1, -0.05) is 18.2 Å². The maximum Gasteiger partial charge on any atom is 0.119 e. The van der Waals surface area contributed by atoms with E-state index in [-0.39, 0.29) is 0 Å². The summed E-state index contributed by atoms with van der Waals surface area (Å²) in [5, 5.41) is 9.50. The first-order chi connectivity index (χ1) is 8.20. The van der Waals surface area contributed by atoms with Crippen LogP contribution in [0.4, 0.5) is 0 Å². The molecule has 0 aliphatic carbocycles. The molecule has 0 amide bonds. The van der Waals surface area contributed by atoms with Gasteiger partial charge >= 0.3 is 0 Å². The number of phenolic OH excluding ortho intramolecular Hbond substituents is 1. The van der Waals surface area contributed by atoms with Gasteiger partial charge < -0.3 is 9.84 Å². The molecule has 2 nitrogen and oxygen atoms in total. The average molecular weight is 228 g/mol. The Bertz CT molecular complexity index is 518. The van der Waals surface area contributed by atoms with E-state index in [9.17, 15) is 5.11 Å². The Hall–Kier alpha value is -1.96. The van der Waals surface area contributed by atoms with Crippen LogP contribution < -0.4 is 4.74 Å². The molecule has 2 aromatic rings. The maximum atomic E-state index is 9.50. The molecule has 2 aromatic carbocycles. The minimum atomic E-state index is 0.328. The lowest BCUT2D eigenvalue weighted by atomic mass is 10.0. The average Bonchev–Trinajstić information content (AvgIpc) is 2.33. The van der Waals surface area contributed by atoms with E-state index in [0.717, 1.165) is 22.4 Å². The highest BCUT2D eigenvalue weighted by Gasteiger charge is 2.02. The number of aromatic hydroxyl groups is 1. The summed E-state index contributed by atoms with van der Waals surface area (Å²) in [6, 6.07) is 13.6. The molecule has 0 saturated heterocycles. The number of aryl methyl sites for hydroxylation is 1. The van der Waals surface area contributed by atoms with Crippen molar-refractivity contribution in [2.45, 2.75) is 13.8 Å². The van der Waals surface area contributed by atoms with Crippen LogP contribution in [0.15, 0.2) is 42.5 Å². The molecule has 0 spiro atoms. The molecular formula is C15H16O2. The molecule has 0 aliphatic heterocycles. The summed E-state index contributed by atoms with van der Waals surface area (Å²) < 4.78 is 5.47.